The first-order valence-electron chi connectivity index (χ1n) is 8.45. The molecule has 1 N–H and O–H groups in total. The maximum Gasteiger partial charge on any atom is 0.256 e. The molecule has 2 aromatic carbocycles. The highest BCUT2D eigenvalue weighted by Crippen LogP contribution is 2.28. The molecule has 0 saturated heterocycles. The zero-order valence-corrected chi connectivity index (χ0v) is 17.0. The number of hydrogen-bond acceptors (Lipinski definition) is 6. The van der Waals surface area contributed by atoms with E-state index >= 15 is 0 Å². The average molecular weight is 430 g/mol. The number of carbonyl (C=O) groups is 1. The minimum Gasteiger partial charge on any atom is -0.306 e. The maximum atomic E-state index is 13.5. The van der Waals surface area contributed by atoms with Gasteiger partial charge in [-0.05, 0) is 43.3 Å². The number of aryl methyl sites for hydroxylation is 1. The second-order valence-corrected chi connectivity index (χ2v) is 9.47. The first-order valence-corrected chi connectivity index (χ1v) is 11.2. The lowest BCUT2D eigenvalue weighted by Gasteiger charge is -2.07. The molecule has 0 radical (unpaired) electrons. The summed E-state index contributed by atoms with van der Waals surface area (Å²) < 4.78 is 39.1. The smallest absolute Gasteiger partial charge is 0.256 e. The van der Waals surface area contributed by atoms with Gasteiger partial charge in [-0.1, -0.05) is 17.4 Å². The summed E-state index contributed by atoms with van der Waals surface area (Å²) in [6.07, 6.45) is 1.08. The molecule has 148 valence electrons. The van der Waals surface area contributed by atoms with Crippen molar-refractivity contribution in [1.29, 1.82) is 0 Å². The van der Waals surface area contributed by atoms with Crippen LogP contribution in [0, 0.1) is 12.7 Å². The predicted molar refractivity (Wildman–Crippen MR) is 109 cm³/mol. The summed E-state index contributed by atoms with van der Waals surface area (Å²) in [6, 6.07) is 11.8. The van der Waals surface area contributed by atoms with Crippen molar-refractivity contribution in [2.24, 2.45) is 0 Å². The first-order chi connectivity index (χ1) is 13.7. The highest BCUT2D eigenvalue weighted by atomic mass is 32.2. The fourth-order valence-electron chi connectivity index (χ4n) is 2.77. The van der Waals surface area contributed by atoms with Gasteiger partial charge in [0.2, 0.25) is 5.13 Å². The SMILES string of the molecule is Cc1cc(NC(=O)c2cccc(S(C)(=O)=O)c2)n(-c2nc3ccc(F)cc3s2)n1. The third-order valence-electron chi connectivity index (χ3n) is 4.12. The molecular formula is C19H15FN4O3S2. The fourth-order valence-corrected chi connectivity index (χ4v) is 4.39. The molecular weight excluding hydrogens is 415 g/mol. The van der Waals surface area contributed by atoms with Gasteiger partial charge in [-0.2, -0.15) is 9.78 Å². The minimum absolute atomic E-state index is 0.0584. The normalized spacial score (nSPS) is 11.7. The Morgan fingerprint density at radius 3 is 2.72 bits per heavy atom. The van der Waals surface area contributed by atoms with E-state index < -0.39 is 15.7 Å². The fraction of sp³-hybridized carbons (Fsp3) is 0.105. The zero-order valence-electron chi connectivity index (χ0n) is 15.4. The number of thiazole rings is 1. The summed E-state index contributed by atoms with van der Waals surface area (Å²) >= 11 is 1.24. The number of anilines is 1. The molecule has 0 saturated carbocycles. The quantitative estimate of drug-likeness (QED) is 0.534. The van der Waals surface area contributed by atoms with Crippen LogP contribution in [0.25, 0.3) is 15.3 Å². The molecule has 0 fully saturated rings. The van der Waals surface area contributed by atoms with Crippen LogP contribution in [-0.2, 0) is 9.84 Å². The summed E-state index contributed by atoms with van der Waals surface area (Å²) in [4.78, 5) is 17.2. The van der Waals surface area contributed by atoms with Crippen LogP contribution < -0.4 is 5.32 Å². The van der Waals surface area contributed by atoms with Gasteiger partial charge >= 0.3 is 0 Å². The van der Waals surface area contributed by atoms with Crippen LogP contribution in [0.1, 0.15) is 16.1 Å². The van der Waals surface area contributed by atoms with E-state index in [2.05, 4.69) is 15.4 Å². The topological polar surface area (TPSA) is 94.0 Å². The van der Waals surface area contributed by atoms with Crippen molar-refractivity contribution in [3.8, 4) is 5.13 Å². The van der Waals surface area contributed by atoms with Gasteiger partial charge in [-0.25, -0.2) is 17.8 Å². The molecule has 7 nitrogen and oxygen atoms in total. The molecule has 0 aliphatic carbocycles. The van der Waals surface area contributed by atoms with Crippen LogP contribution >= 0.6 is 11.3 Å². The van der Waals surface area contributed by atoms with Gasteiger partial charge in [0.05, 0.1) is 20.8 Å². The van der Waals surface area contributed by atoms with Crippen LogP contribution in [0.3, 0.4) is 0 Å². The van der Waals surface area contributed by atoms with Crippen molar-refractivity contribution in [3.63, 3.8) is 0 Å². The van der Waals surface area contributed by atoms with E-state index in [9.17, 15) is 17.6 Å². The Kier molecular flexibility index (Phi) is 4.67. The number of nitrogens with one attached hydrogen (secondary N) is 1. The molecule has 4 aromatic rings. The summed E-state index contributed by atoms with van der Waals surface area (Å²) in [5.74, 6) is -0.468. The van der Waals surface area contributed by atoms with Gasteiger partial charge < -0.3 is 5.32 Å². The second-order valence-electron chi connectivity index (χ2n) is 6.45. The van der Waals surface area contributed by atoms with Gasteiger partial charge in [0, 0.05) is 17.9 Å². The van der Waals surface area contributed by atoms with Gasteiger partial charge in [0.15, 0.2) is 9.84 Å². The molecule has 0 aliphatic heterocycles. The van der Waals surface area contributed by atoms with Crippen molar-refractivity contribution in [2.75, 3.05) is 11.6 Å². The third-order valence-corrected chi connectivity index (χ3v) is 6.22. The molecule has 29 heavy (non-hydrogen) atoms. The molecule has 0 aliphatic rings. The highest BCUT2D eigenvalue weighted by Gasteiger charge is 2.17. The number of carbonyl (C=O) groups excluding carboxylic acids is 1. The standard InChI is InChI=1S/C19H15FN4O3S2/c1-11-8-17(22-18(25)12-4-3-5-14(9-12)29(2,26)27)24(23-11)19-21-15-7-6-13(20)10-16(15)28-19/h3-10H,1-2H3,(H,22,25). The van der Waals surface area contributed by atoms with Crippen LogP contribution in [-0.4, -0.2) is 35.3 Å². The van der Waals surface area contributed by atoms with Crippen LogP contribution in [0.2, 0.25) is 0 Å². The van der Waals surface area contributed by atoms with E-state index in [1.165, 1.54) is 52.4 Å². The molecule has 10 heteroatoms. The van der Waals surface area contributed by atoms with E-state index in [-0.39, 0.29) is 16.3 Å². The van der Waals surface area contributed by atoms with E-state index in [0.717, 1.165) is 6.26 Å². The van der Waals surface area contributed by atoms with Crippen LogP contribution in [0.15, 0.2) is 53.4 Å². The van der Waals surface area contributed by atoms with Gasteiger partial charge in [-0.3, -0.25) is 4.79 Å². The Labute approximate surface area is 169 Å². The van der Waals surface area contributed by atoms with Gasteiger partial charge in [-0.15, -0.1) is 0 Å². The molecule has 0 bridgehead atoms. The Hall–Kier alpha value is -3.11. The Morgan fingerprint density at radius 1 is 1.17 bits per heavy atom. The number of sulfone groups is 1. The largest absolute Gasteiger partial charge is 0.306 e. The van der Waals surface area contributed by atoms with Crippen molar-refractivity contribution in [1.82, 2.24) is 14.8 Å². The average Bonchev–Trinajstić information content (AvgIpc) is 3.23. The number of halogens is 1. The minimum atomic E-state index is -3.43. The molecule has 0 unspecified atom stereocenters. The van der Waals surface area contributed by atoms with Crippen LogP contribution in [0.5, 0.6) is 0 Å². The lowest BCUT2D eigenvalue weighted by Crippen LogP contribution is -2.15. The summed E-state index contributed by atoms with van der Waals surface area (Å²) in [5, 5.41) is 7.57. The third kappa shape index (κ3) is 3.89. The number of benzene rings is 2. The van der Waals surface area contributed by atoms with Crippen LogP contribution in [0.4, 0.5) is 10.2 Å². The zero-order chi connectivity index (χ0) is 20.8. The number of nitrogens with zero attached hydrogens (tertiary/aromatic N) is 3. The summed E-state index contributed by atoms with van der Waals surface area (Å²) in [6.45, 7) is 1.77. The number of amides is 1. The van der Waals surface area contributed by atoms with E-state index in [1.54, 1.807) is 19.1 Å². The van der Waals surface area contributed by atoms with Crippen molar-refractivity contribution in [2.45, 2.75) is 11.8 Å². The van der Waals surface area contributed by atoms with Gasteiger partial charge in [0.25, 0.3) is 5.91 Å². The van der Waals surface area contributed by atoms with Gasteiger partial charge in [0.1, 0.15) is 11.6 Å². The van der Waals surface area contributed by atoms with E-state index in [1.807, 2.05) is 0 Å². The van der Waals surface area contributed by atoms with Crippen molar-refractivity contribution >= 4 is 43.1 Å². The number of rotatable bonds is 4. The molecule has 0 spiro atoms. The number of fused-ring (bicyclic) bond motifs is 1. The Balaban J connectivity index is 1.69. The predicted octanol–water partition coefficient (Wildman–Crippen LogP) is 3.59. The monoisotopic (exact) mass is 430 g/mol. The maximum absolute atomic E-state index is 13.5. The summed E-state index contributed by atoms with van der Waals surface area (Å²) in [7, 11) is -3.43. The van der Waals surface area contributed by atoms with Crippen molar-refractivity contribution < 1.29 is 17.6 Å². The van der Waals surface area contributed by atoms with E-state index in [4.69, 9.17) is 0 Å². The van der Waals surface area contributed by atoms with Crippen molar-refractivity contribution in [3.05, 3.63) is 65.6 Å². The summed E-state index contributed by atoms with van der Waals surface area (Å²) in [5.41, 5.74) is 1.47. The molecule has 0 atom stereocenters. The van der Waals surface area contributed by atoms with E-state index in [0.29, 0.717) is 26.9 Å². The lowest BCUT2D eigenvalue weighted by molar-refractivity contribution is 0.102. The highest BCUT2D eigenvalue weighted by molar-refractivity contribution is 7.90. The lowest BCUT2D eigenvalue weighted by atomic mass is 10.2. The number of hydrogen-bond donors (Lipinski definition) is 1. The number of aromatic nitrogens is 3. The molecule has 1 amide bonds. The Bertz CT molecular complexity index is 1360. The molecule has 2 aromatic heterocycles. The molecule has 4 rings (SSSR count). The first kappa shape index (κ1) is 19.2. The Morgan fingerprint density at radius 2 is 1.97 bits per heavy atom. The molecule has 2 heterocycles. The second kappa shape index (κ2) is 7.05.